The van der Waals surface area contributed by atoms with Gasteiger partial charge in [-0.2, -0.15) is 0 Å². The van der Waals surface area contributed by atoms with Gasteiger partial charge in [0, 0.05) is 31.7 Å². The largest absolute Gasteiger partial charge is 0.300 e. The second-order valence-corrected chi connectivity index (χ2v) is 9.97. The van der Waals surface area contributed by atoms with Crippen LogP contribution in [0.1, 0.15) is 39.0 Å². The number of nitrogens with one attached hydrogen (secondary N) is 1. The molecule has 0 saturated heterocycles. The molecule has 0 fully saturated rings. The Kier molecular flexibility index (Phi) is 8.53. The normalized spacial score (nSPS) is 10.8. The minimum Gasteiger partial charge on any atom is -0.300 e. The van der Waals surface area contributed by atoms with Crippen LogP contribution in [0.2, 0.25) is 0 Å². The Labute approximate surface area is 205 Å². The van der Waals surface area contributed by atoms with Crippen molar-refractivity contribution < 1.29 is 9.59 Å². The van der Waals surface area contributed by atoms with Crippen molar-refractivity contribution in [3.8, 4) is 0 Å². The average Bonchev–Trinajstić information content (AvgIpc) is 3.47. The van der Waals surface area contributed by atoms with E-state index < -0.39 is 0 Å². The SMILES string of the molecule is O=C(Cc1ccccc1)Cc1nnc(CCCCc2nnc(NC(=O)Cc3cccnc3)s2)s1. The molecule has 0 spiro atoms. The van der Waals surface area contributed by atoms with Crippen molar-refractivity contribution in [2.75, 3.05) is 5.32 Å². The molecule has 0 atom stereocenters. The summed E-state index contributed by atoms with van der Waals surface area (Å²) < 4.78 is 0. The molecule has 0 aliphatic carbocycles. The molecular formula is C24H24N6O2S2. The summed E-state index contributed by atoms with van der Waals surface area (Å²) in [4.78, 5) is 28.4. The molecule has 1 amide bonds. The van der Waals surface area contributed by atoms with E-state index in [1.807, 2.05) is 36.4 Å². The number of Topliss-reactive ketones (excluding diaryl/α,β-unsaturated/α-hetero) is 1. The summed E-state index contributed by atoms with van der Waals surface area (Å²) >= 11 is 2.91. The third-order valence-electron chi connectivity index (χ3n) is 4.93. The Morgan fingerprint density at radius 1 is 0.735 bits per heavy atom. The van der Waals surface area contributed by atoms with Crippen LogP contribution >= 0.6 is 22.7 Å². The van der Waals surface area contributed by atoms with Crippen molar-refractivity contribution in [2.24, 2.45) is 0 Å². The molecule has 4 rings (SSSR count). The van der Waals surface area contributed by atoms with Crippen molar-refractivity contribution in [3.05, 3.63) is 81.0 Å². The highest BCUT2D eigenvalue weighted by atomic mass is 32.1. The first kappa shape index (κ1) is 23.8. The Balaban J connectivity index is 1.15. The number of pyridine rings is 1. The topological polar surface area (TPSA) is 111 Å². The van der Waals surface area contributed by atoms with Gasteiger partial charge in [0.1, 0.15) is 20.8 Å². The monoisotopic (exact) mass is 492 g/mol. The predicted molar refractivity (Wildman–Crippen MR) is 132 cm³/mol. The van der Waals surface area contributed by atoms with E-state index in [0.717, 1.165) is 51.8 Å². The van der Waals surface area contributed by atoms with Crippen LogP contribution in [0.4, 0.5) is 5.13 Å². The molecule has 1 aromatic carbocycles. The number of benzene rings is 1. The van der Waals surface area contributed by atoms with Crippen molar-refractivity contribution in [3.63, 3.8) is 0 Å². The summed E-state index contributed by atoms with van der Waals surface area (Å²) in [5, 5.41) is 22.6. The lowest BCUT2D eigenvalue weighted by atomic mass is 10.1. The van der Waals surface area contributed by atoms with Crippen LogP contribution in [-0.2, 0) is 41.7 Å². The number of anilines is 1. The average molecular weight is 493 g/mol. The number of ketones is 1. The van der Waals surface area contributed by atoms with Crippen molar-refractivity contribution in [2.45, 2.75) is 44.9 Å². The molecule has 34 heavy (non-hydrogen) atoms. The summed E-state index contributed by atoms with van der Waals surface area (Å²) in [7, 11) is 0. The number of hydrogen-bond acceptors (Lipinski definition) is 9. The minimum atomic E-state index is -0.134. The van der Waals surface area contributed by atoms with Gasteiger partial charge in [-0.05, 0) is 30.0 Å². The molecule has 8 nitrogen and oxygen atoms in total. The molecule has 0 saturated carbocycles. The van der Waals surface area contributed by atoms with Crippen molar-refractivity contribution >= 4 is 39.5 Å². The van der Waals surface area contributed by atoms with Crippen LogP contribution in [0, 0.1) is 0 Å². The summed E-state index contributed by atoms with van der Waals surface area (Å²) in [5.41, 5.74) is 1.87. The summed E-state index contributed by atoms with van der Waals surface area (Å²) in [6, 6.07) is 13.4. The van der Waals surface area contributed by atoms with Gasteiger partial charge >= 0.3 is 0 Å². The molecule has 174 valence electrons. The Bertz CT molecular complexity index is 1110. The first-order chi connectivity index (χ1) is 16.6. The fourth-order valence-electron chi connectivity index (χ4n) is 3.32. The Morgan fingerprint density at radius 3 is 2.21 bits per heavy atom. The molecule has 1 N–H and O–H groups in total. The zero-order valence-electron chi connectivity index (χ0n) is 18.5. The lowest BCUT2D eigenvalue weighted by Gasteiger charge is -2.00. The number of carbonyl (C=O) groups is 2. The smallest absolute Gasteiger partial charge is 0.230 e. The standard InChI is InChI=1S/C24H24N6O2S2/c31-19(13-17-7-2-1-3-8-17)15-23-29-27-21(33-23)10-4-5-11-22-28-30-24(34-22)26-20(32)14-18-9-6-12-25-16-18/h1-3,6-9,12,16H,4-5,10-11,13-15H2,(H,26,30,32). The molecule has 0 bridgehead atoms. The van der Waals surface area contributed by atoms with E-state index in [9.17, 15) is 9.59 Å². The predicted octanol–water partition coefficient (Wildman–Crippen LogP) is 3.89. The maximum absolute atomic E-state index is 12.3. The molecule has 3 aromatic heterocycles. The molecule has 10 heteroatoms. The van der Waals surface area contributed by atoms with Crippen LogP contribution in [0.15, 0.2) is 54.9 Å². The zero-order valence-corrected chi connectivity index (χ0v) is 20.1. The number of aryl methyl sites for hydroxylation is 2. The van der Waals surface area contributed by atoms with Gasteiger partial charge in [0.15, 0.2) is 0 Å². The van der Waals surface area contributed by atoms with Crippen molar-refractivity contribution in [1.29, 1.82) is 0 Å². The zero-order chi connectivity index (χ0) is 23.6. The third-order valence-corrected chi connectivity index (χ3v) is 6.81. The summed E-state index contributed by atoms with van der Waals surface area (Å²) in [6.45, 7) is 0. The van der Waals surface area contributed by atoms with E-state index in [-0.39, 0.29) is 18.1 Å². The minimum absolute atomic E-state index is 0.134. The van der Waals surface area contributed by atoms with E-state index in [4.69, 9.17) is 0 Å². The van der Waals surface area contributed by atoms with E-state index in [1.54, 1.807) is 18.5 Å². The highest BCUT2D eigenvalue weighted by molar-refractivity contribution is 7.15. The van der Waals surface area contributed by atoms with Gasteiger partial charge in [0.05, 0.1) is 12.8 Å². The van der Waals surface area contributed by atoms with Gasteiger partial charge in [-0.3, -0.25) is 14.6 Å². The van der Waals surface area contributed by atoms with Gasteiger partial charge in [0.25, 0.3) is 0 Å². The molecule has 0 unspecified atom stereocenters. The van der Waals surface area contributed by atoms with Crippen LogP contribution in [-0.4, -0.2) is 37.1 Å². The quantitative estimate of drug-likeness (QED) is 0.299. The maximum Gasteiger partial charge on any atom is 0.230 e. The highest BCUT2D eigenvalue weighted by Crippen LogP contribution is 2.19. The molecule has 0 radical (unpaired) electrons. The number of nitrogens with zero attached hydrogens (tertiary/aromatic N) is 5. The van der Waals surface area contributed by atoms with Crippen LogP contribution in [0.3, 0.4) is 0 Å². The second kappa shape index (κ2) is 12.2. The first-order valence-corrected chi connectivity index (χ1v) is 12.7. The Morgan fingerprint density at radius 2 is 1.44 bits per heavy atom. The Hall–Kier alpha value is -3.37. The van der Waals surface area contributed by atoms with Gasteiger partial charge < -0.3 is 5.32 Å². The fourth-order valence-corrected chi connectivity index (χ4v) is 5.04. The van der Waals surface area contributed by atoms with Gasteiger partial charge in [-0.1, -0.05) is 47.7 Å². The van der Waals surface area contributed by atoms with Crippen LogP contribution in [0.25, 0.3) is 0 Å². The van der Waals surface area contributed by atoms with E-state index in [1.165, 1.54) is 22.7 Å². The van der Waals surface area contributed by atoms with Crippen LogP contribution in [0.5, 0.6) is 0 Å². The van der Waals surface area contributed by atoms with Crippen LogP contribution < -0.4 is 5.32 Å². The maximum atomic E-state index is 12.3. The number of amides is 1. The lowest BCUT2D eigenvalue weighted by Crippen LogP contribution is -2.14. The molecule has 0 aliphatic heterocycles. The highest BCUT2D eigenvalue weighted by Gasteiger charge is 2.12. The van der Waals surface area contributed by atoms with E-state index >= 15 is 0 Å². The second-order valence-electron chi connectivity index (χ2n) is 7.76. The first-order valence-electron chi connectivity index (χ1n) is 11.0. The number of unbranched alkanes of at least 4 members (excludes halogenated alkanes) is 1. The molecular weight excluding hydrogens is 468 g/mol. The molecule has 4 aromatic rings. The van der Waals surface area contributed by atoms with Crippen molar-refractivity contribution in [1.82, 2.24) is 25.4 Å². The molecule has 3 heterocycles. The fraction of sp³-hybridized carbons (Fsp3) is 0.292. The number of carbonyl (C=O) groups excluding carboxylic acids is 2. The van der Waals surface area contributed by atoms with Gasteiger partial charge in [-0.25, -0.2) is 0 Å². The van der Waals surface area contributed by atoms with Gasteiger partial charge in [0.2, 0.25) is 11.0 Å². The molecule has 0 aliphatic rings. The number of aromatic nitrogens is 5. The summed E-state index contributed by atoms with van der Waals surface area (Å²) in [6.07, 6.45) is 7.83. The number of rotatable bonds is 12. The van der Waals surface area contributed by atoms with E-state index in [2.05, 4.69) is 30.7 Å². The summed E-state index contributed by atoms with van der Waals surface area (Å²) in [5.74, 6) is 0.0125. The number of hydrogen-bond donors (Lipinski definition) is 1. The lowest BCUT2D eigenvalue weighted by molar-refractivity contribution is -0.118. The van der Waals surface area contributed by atoms with Gasteiger partial charge in [-0.15, -0.1) is 31.7 Å². The van der Waals surface area contributed by atoms with E-state index in [0.29, 0.717) is 18.0 Å². The third kappa shape index (κ3) is 7.60.